The van der Waals surface area contributed by atoms with Gasteiger partial charge < -0.3 is 33.5 Å². The molecule has 3 fully saturated rings. The Balaban J connectivity index is 1.29. The first-order valence-corrected chi connectivity index (χ1v) is 12.5. The van der Waals surface area contributed by atoms with Crippen molar-refractivity contribution in [2.75, 3.05) is 40.6 Å². The van der Waals surface area contributed by atoms with E-state index in [2.05, 4.69) is 6.92 Å². The van der Waals surface area contributed by atoms with Gasteiger partial charge in [0.1, 0.15) is 22.8 Å². The van der Waals surface area contributed by atoms with Crippen molar-refractivity contribution in [3.8, 4) is 17.2 Å². The lowest BCUT2D eigenvalue weighted by Gasteiger charge is -2.50. The monoisotopic (exact) mass is 506 g/mol. The van der Waals surface area contributed by atoms with Crippen molar-refractivity contribution in [3.63, 3.8) is 0 Å². The van der Waals surface area contributed by atoms with Gasteiger partial charge >= 0.3 is 0 Å². The van der Waals surface area contributed by atoms with Crippen LogP contribution in [0.1, 0.15) is 36.5 Å². The topological polar surface area (TPSA) is 75.6 Å². The van der Waals surface area contributed by atoms with Gasteiger partial charge in [-0.05, 0) is 59.5 Å². The van der Waals surface area contributed by atoms with Gasteiger partial charge in [-0.3, -0.25) is 0 Å². The number of fused-ring (bicyclic) bond motifs is 3. The predicted molar refractivity (Wildman–Crippen MR) is 138 cm³/mol. The van der Waals surface area contributed by atoms with Gasteiger partial charge in [-0.2, -0.15) is 0 Å². The Morgan fingerprint density at radius 1 is 0.703 bits per heavy atom. The molecule has 7 heteroatoms. The molecule has 37 heavy (non-hydrogen) atoms. The van der Waals surface area contributed by atoms with Crippen LogP contribution >= 0.6 is 0 Å². The molecule has 0 spiro atoms. The maximum Gasteiger partial charge on any atom is 0.283 e. The first-order chi connectivity index (χ1) is 17.9. The van der Waals surface area contributed by atoms with Crippen LogP contribution in [0, 0.1) is 5.41 Å². The molecule has 0 saturated carbocycles. The Kier molecular flexibility index (Phi) is 7.14. The lowest BCUT2D eigenvalue weighted by Crippen LogP contribution is -2.58. The van der Waals surface area contributed by atoms with Crippen LogP contribution in [0.25, 0.3) is 0 Å². The fourth-order valence-electron chi connectivity index (χ4n) is 4.75. The molecular weight excluding hydrogens is 472 g/mol. The summed E-state index contributed by atoms with van der Waals surface area (Å²) in [6.07, 6.45) is 1.33. The first kappa shape index (κ1) is 25.5. The average Bonchev–Trinajstić information content (AvgIpc) is 2.96. The second kappa shape index (κ2) is 10.3. The van der Waals surface area contributed by atoms with E-state index < -0.39 is 11.6 Å². The highest BCUT2D eigenvalue weighted by atomic mass is 16.9. The zero-order chi connectivity index (χ0) is 25.9. The maximum absolute atomic E-state index is 12.1. The zero-order valence-corrected chi connectivity index (χ0v) is 21.6. The van der Waals surface area contributed by atoms with Gasteiger partial charge in [0.2, 0.25) is 0 Å². The molecule has 3 heterocycles. The number of benzene rings is 3. The molecule has 196 valence electrons. The Labute approximate surface area is 217 Å². The second-order valence-electron chi connectivity index (χ2n) is 10.0. The van der Waals surface area contributed by atoms with E-state index in [4.69, 9.17) is 28.4 Å². The van der Waals surface area contributed by atoms with Crippen LogP contribution in [0.2, 0.25) is 0 Å². The number of hydrogen-bond donors (Lipinski definition) is 1. The van der Waals surface area contributed by atoms with E-state index in [-0.39, 0.29) is 5.41 Å². The molecule has 3 aliphatic heterocycles. The van der Waals surface area contributed by atoms with Crippen molar-refractivity contribution in [2.45, 2.75) is 31.3 Å². The lowest BCUT2D eigenvalue weighted by atomic mass is 9.80. The summed E-state index contributed by atoms with van der Waals surface area (Å²) in [6.45, 7) is 4.56. The smallest absolute Gasteiger partial charge is 0.283 e. The van der Waals surface area contributed by atoms with E-state index >= 15 is 0 Å². The van der Waals surface area contributed by atoms with E-state index in [1.54, 1.807) is 14.2 Å². The van der Waals surface area contributed by atoms with E-state index in [9.17, 15) is 5.11 Å². The van der Waals surface area contributed by atoms with Crippen molar-refractivity contribution in [2.24, 2.45) is 5.41 Å². The summed E-state index contributed by atoms with van der Waals surface area (Å²) in [7, 11) is 3.24. The third-order valence-corrected chi connectivity index (χ3v) is 7.11. The summed E-state index contributed by atoms with van der Waals surface area (Å²) in [4.78, 5) is 0. The molecule has 6 rings (SSSR count). The highest BCUT2D eigenvalue weighted by molar-refractivity contribution is 5.50. The predicted octanol–water partition coefficient (Wildman–Crippen LogP) is 4.88. The molecule has 0 unspecified atom stereocenters. The molecule has 0 radical (unpaired) electrons. The Morgan fingerprint density at radius 2 is 1.11 bits per heavy atom. The summed E-state index contributed by atoms with van der Waals surface area (Å²) in [5.41, 5.74) is 0.750. The van der Waals surface area contributed by atoms with Crippen molar-refractivity contribution in [3.05, 3.63) is 89.5 Å². The number of rotatable bonds is 10. The standard InChI is InChI=1S/C30H34O7/c1-28-19-35-29(36-20-28,37-21-28)17-4-18-34-27-15-9-24(10-16-27)30(31,22-5-11-25(32-2)12-6-22)23-7-13-26(33-3)14-8-23/h5-16,31H,4,17-21H2,1-3H3. The number of ether oxygens (including phenoxy) is 6. The SMILES string of the molecule is COc1ccc(C(O)(c2ccc(OC)cc2)c2ccc(OCCCC34OCC(C)(CO3)CO4)cc2)cc1. The molecule has 2 bridgehead atoms. The van der Waals surface area contributed by atoms with Gasteiger partial charge in [-0.15, -0.1) is 0 Å². The summed E-state index contributed by atoms with van der Waals surface area (Å²) >= 11 is 0. The minimum Gasteiger partial charge on any atom is -0.497 e. The maximum atomic E-state index is 12.1. The molecule has 3 aromatic rings. The number of aliphatic hydroxyl groups is 1. The molecule has 0 aliphatic carbocycles. The van der Waals surface area contributed by atoms with Crippen molar-refractivity contribution < 1.29 is 33.5 Å². The fourth-order valence-corrected chi connectivity index (χ4v) is 4.75. The molecule has 0 amide bonds. The highest BCUT2D eigenvalue weighted by Gasteiger charge is 2.49. The van der Waals surface area contributed by atoms with Gasteiger partial charge in [0.15, 0.2) is 0 Å². The van der Waals surface area contributed by atoms with Gasteiger partial charge in [-0.1, -0.05) is 43.3 Å². The molecule has 0 atom stereocenters. The second-order valence-corrected chi connectivity index (χ2v) is 10.0. The van der Waals surface area contributed by atoms with Crippen LogP contribution in [0.4, 0.5) is 0 Å². The van der Waals surface area contributed by atoms with E-state index in [0.29, 0.717) is 32.8 Å². The summed E-state index contributed by atoms with van der Waals surface area (Å²) < 4.78 is 34.1. The van der Waals surface area contributed by atoms with E-state index in [0.717, 1.165) is 40.4 Å². The van der Waals surface area contributed by atoms with Crippen molar-refractivity contribution in [1.29, 1.82) is 0 Å². The minimum absolute atomic E-state index is 0.0421. The molecule has 7 nitrogen and oxygen atoms in total. The van der Waals surface area contributed by atoms with Crippen LogP contribution in [0.3, 0.4) is 0 Å². The van der Waals surface area contributed by atoms with Crippen LogP contribution < -0.4 is 14.2 Å². The van der Waals surface area contributed by atoms with E-state index in [1.165, 1.54) is 0 Å². The quantitative estimate of drug-likeness (QED) is 0.310. The summed E-state index contributed by atoms with van der Waals surface area (Å²) in [5, 5.41) is 12.1. The Morgan fingerprint density at radius 3 is 1.51 bits per heavy atom. The molecule has 0 aromatic heterocycles. The fraction of sp³-hybridized carbons (Fsp3) is 0.400. The van der Waals surface area contributed by atoms with Crippen molar-refractivity contribution in [1.82, 2.24) is 0 Å². The van der Waals surface area contributed by atoms with Crippen LogP contribution in [-0.4, -0.2) is 51.7 Å². The highest BCUT2D eigenvalue weighted by Crippen LogP contribution is 2.41. The summed E-state index contributed by atoms with van der Waals surface area (Å²) in [6, 6.07) is 22.4. The molecule has 3 aromatic carbocycles. The largest absolute Gasteiger partial charge is 0.497 e. The average molecular weight is 507 g/mol. The third-order valence-electron chi connectivity index (χ3n) is 7.11. The van der Waals surface area contributed by atoms with Crippen molar-refractivity contribution >= 4 is 0 Å². The summed E-state index contributed by atoms with van der Waals surface area (Å²) in [5.74, 6) is 1.23. The number of hydrogen-bond acceptors (Lipinski definition) is 7. The first-order valence-electron chi connectivity index (χ1n) is 12.5. The number of methoxy groups -OCH3 is 2. The third kappa shape index (κ3) is 5.18. The Bertz CT molecular complexity index is 1100. The van der Waals surface area contributed by atoms with Crippen LogP contribution in [0.15, 0.2) is 72.8 Å². The normalized spacial score (nSPS) is 23.0. The molecule has 3 aliphatic rings. The molecular formula is C30H34O7. The van der Waals surface area contributed by atoms with Gasteiger partial charge in [0.05, 0.1) is 40.6 Å². The van der Waals surface area contributed by atoms with Gasteiger partial charge in [0, 0.05) is 11.8 Å². The van der Waals surface area contributed by atoms with E-state index in [1.807, 2.05) is 72.8 Å². The molecule has 3 saturated heterocycles. The van der Waals surface area contributed by atoms with Crippen LogP contribution in [-0.2, 0) is 19.8 Å². The van der Waals surface area contributed by atoms with Crippen LogP contribution in [0.5, 0.6) is 17.2 Å². The molecule has 1 N–H and O–H groups in total. The zero-order valence-electron chi connectivity index (χ0n) is 21.6. The lowest BCUT2D eigenvalue weighted by molar-refractivity contribution is -0.467. The van der Waals surface area contributed by atoms with Gasteiger partial charge in [0.25, 0.3) is 5.97 Å². The minimum atomic E-state index is -1.38. The van der Waals surface area contributed by atoms with Gasteiger partial charge in [-0.25, -0.2) is 0 Å². The Hall–Kier alpha value is -3.10.